The minimum Gasteiger partial charge on any atom is -0.438 e. The maximum absolute atomic E-state index is 13.3. The summed E-state index contributed by atoms with van der Waals surface area (Å²) in [5.74, 6) is 0.0798. The summed E-state index contributed by atoms with van der Waals surface area (Å²) in [7, 11) is 0. The minimum atomic E-state index is -0.753. The van der Waals surface area contributed by atoms with Crippen LogP contribution in [0.5, 0.6) is 0 Å². The molecular weight excluding hydrogens is 358 g/mol. The molecule has 2 rings (SSSR count). The van der Waals surface area contributed by atoms with Crippen molar-refractivity contribution in [1.29, 1.82) is 0 Å². The van der Waals surface area contributed by atoms with Crippen molar-refractivity contribution in [3.63, 3.8) is 0 Å². The van der Waals surface area contributed by atoms with Gasteiger partial charge in [-0.15, -0.1) is 0 Å². The van der Waals surface area contributed by atoms with Crippen molar-refractivity contribution in [3.05, 3.63) is 71.8 Å². The predicted molar refractivity (Wildman–Crippen MR) is 121 cm³/mol. The molecular formula is C26H37NO2. The van der Waals surface area contributed by atoms with E-state index in [0.717, 1.165) is 24.8 Å². The van der Waals surface area contributed by atoms with Crippen LogP contribution < -0.4 is 0 Å². The van der Waals surface area contributed by atoms with E-state index in [-0.39, 0.29) is 24.1 Å². The Morgan fingerprint density at radius 3 is 1.93 bits per heavy atom. The molecule has 2 aromatic rings. The molecule has 0 saturated heterocycles. The SMILES string of the molecule is CCCC[C@H](c1ccccc1)[C@@](C)(OC(=O)N(C(C)C)C(C)C)c1ccccc1. The molecule has 0 aliphatic carbocycles. The highest BCUT2D eigenvalue weighted by atomic mass is 16.6. The first kappa shape index (κ1) is 23.0. The van der Waals surface area contributed by atoms with Crippen molar-refractivity contribution in [2.45, 2.75) is 84.4 Å². The average molecular weight is 396 g/mol. The zero-order valence-electron chi connectivity index (χ0n) is 18.9. The average Bonchev–Trinajstić information content (AvgIpc) is 2.69. The van der Waals surface area contributed by atoms with Gasteiger partial charge in [0.15, 0.2) is 0 Å². The molecule has 29 heavy (non-hydrogen) atoms. The number of hydrogen-bond acceptors (Lipinski definition) is 2. The van der Waals surface area contributed by atoms with Crippen molar-refractivity contribution < 1.29 is 9.53 Å². The Kier molecular flexibility index (Phi) is 8.31. The largest absolute Gasteiger partial charge is 0.438 e. The molecule has 0 radical (unpaired) electrons. The summed E-state index contributed by atoms with van der Waals surface area (Å²) in [5.41, 5.74) is 1.49. The van der Waals surface area contributed by atoms with Crippen LogP contribution in [-0.4, -0.2) is 23.1 Å². The third kappa shape index (κ3) is 5.62. The second-order valence-corrected chi connectivity index (χ2v) is 8.54. The van der Waals surface area contributed by atoms with Crippen LogP contribution >= 0.6 is 0 Å². The Bertz CT molecular complexity index is 734. The van der Waals surface area contributed by atoms with Gasteiger partial charge in [0.1, 0.15) is 5.60 Å². The molecule has 2 aromatic carbocycles. The van der Waals surface area contributed by atoms with Crippen molar-refractivity contribution in [2.24, 2.45) is 0 Å². The number of benzene rings is 2. The lowest BCUT2D eigenvalue weighted by Crippen LogP contribution is -2.47. The molecule has 0 aliphatic rings. The van der Waals surface area contributed by atoms with E-state index in [1.165, 1.54) is 5.56 Å². The van der Waals surface area contributed by atoms with Crippen LogP contribution in [0.2, 0.25) is 0 Å². The molecule has 0 saturated carbocycles. The van der Waals surface area contributed by atoms with Crippen LogP contribution in [0, 0.1) is 0 Å². The Balaban J connectivity index is 2.53. The van der Waals surface area contributed by atoms with Crippen molar-refractivity contribution in [3.8, 4) is 0 Å². The van der Waals surface area contributed by atoms with Crippen molar-refractivity contribution in [1.82, 2.24) is 4.90 Å². The molecule has 3 nitrogen and oxygen atoms in total. The third-order valence-corrected chi connectivity index (χ3v) is 5.68. The summed E-state index contributed by atoms with van der Waals surface area (Å²) in [6.07, 6.45) is 2.89. The van der Waals surface area contributed by atoms with Gasteiger partial charge in [0, 0.05) is 18.0 Å². The fraction of sp³-hybridized carbons (Fsp3) is 0.500. The Labute approximate surface area is 177 Å². The predicted octanol–water partition coefficient (Wildman–Crippen LogP) is 7.13. The monoisotopic (exact) mass is 395 g/mol. The number of ether oxygens (including phenoxy) is 1. The zero-order valence-corrected chi connectivity index (χ0v) is 18.9. The van der Waals surface area contributed by atoms with Gasteiger partial charge in [-0.3, -0.25) is 0 Å². The van der Waals surface area contributed by atoms with E-state index in [1.54, 1.807) is 0 Å². The van der Waals surface area contributed by atoms with Gasteiger partial charge < -0.3 is 9.64 Å². The number of carbonyl (C=O) groups is 1. The summed E-state index contributed by atoms with van der Waals surface area (Å²) < 4.78 is 6.41. The van der Waals surface area contributed by atoms with Gasteiger partial charge in [-0.05, 0) is 52.2 Å². The van der Waals surface area contributed by atoms with Crippen LogP contribution in [0.4, 0.5) is 4.79 Å². The first-order chi connectivity index (χ1) is 13.8. The first-order valence-electron chi connectivity index (χ1n) is 10.9. The summed E-state index contributed by atoms with van der Waals surface area (Å²) in [4.78, 5) is 15.2. The summed E-state index contributed by atoms with van der Waals surface area (Å²) in [5, 5.41) is 0. The second kappa shape index (κ2) is 10.5. The normalized spacial score (nSPS) is 14.5. The molecule has 0 heterocycles. The van der Waals surface area contributed by atoms with E-state index >= 15 is 0 Å². The van der Waals surface area contributed by atoms with Crippen LogP contribution in [0.25, 0.3) is 0 Å². The lowest BCUT2D eigenvalue weighted by atomic mass is 9.75. The van der Waals surface area contributed by atoms with Crippen molar-refractivity contribution >= 4 is 6.09 Å². The summed E-state index contributed by atoms with van der Waals surface area (Å²) >= 11 is 0. The van der Waals surface area contributed by atoms with Crippen LogP contribution in [0.15, 0.2) is 60.7 Å². The molecule has 0 aliphatic heterocycles. The summed E-state index contributed by atoms with van der Waals surface area (Å²) in [6, 6.07) is 20.8. The van der Waals surface area contributed by atoms with E-state index in [1.807, 2.05) is 56.9 Å². The van der Waals surface area contributed by atoms with E-state index in [9.17, 15) is 4.79 Å². The first-order valence-corrected chi connectivity index (χ1v) is 10.9. The van der Waals surface area contributed by atoms with E-state index in [0.29, 0.717) is 0 Å². The number of amides is 1. The maximum atomic E-state index is 13.3. The molecule has 0 bridgehead atoms. The maximum Gasteiger partial charge on any atom is 0.411 e. The highest BCUT2D eigenvalue weighted by Crippen LogP contribution is 2.43. The number of carbonyl (C=O) groups excluding carboxylic acids is 1. The van der Waals surface area contributed by atoms with E-state index < -0.39 is 5.60 Å². The van der Waals surface area contributed by atoms with Gasteiger partial charge in [0.05, 0.1) is 0 Å². The van der Waals surface area contributed by atoms with Gasteiger partial charge in [0.25, 0.3) is 0 Å². The Morgan fingerprint density at radius 1 is 0.931 bits per heavy atom. The number of nitrogens with zero attached hydrogens (tertiary/aromatic N) is 1. The lowest BCUT2D eigenvalue weighted by molar-refractivity contribution is -0.0310. The molecule has 0 aromatic heterocycles. The number of unbranched alkanes of at least 4 members (excludes halogenated alkanes) is 1. The Morgan fingerprint density at radius 2 is 1.45 bits per heavy atom. The van der Waals surface area contributed by atoms with Crippen molar-refractivity contribution in [2.75, 3.05) is 0 Å². The highest BCUT2D eigenvalue weighted by Gasteiger charge is 2.42. The molecule has 2 atom stereocenters. The molecule has 158 valence electrons. The molecule has 0 fully saturated rings. The standard InChI is InChI=1S/C26H37NO2/c1-7-8-19-24(22-15-11-9-12-16-22)26(6,23-17-13-10-14-18-23)29-25(28)27(20(2)3)21(4)5/h9-18,20-21,24H,7-8,19H2,1-6H3/t24-,26+/m1/s1. The number of hydrogen-bond donors (Lipinski definition) is 0. The highest BCUT2D eigenvalue weighted by molar-refractivity contribution is 5.69. The van der Waals surface area contributed by atoms with Gasteiger partial charge in [0.2, 0.25) is 0 Å². The fourth-order valence-corrected chi connectivity index (χ4v) is 4.21. The minimum absolute atomic E-state index is 0.0772. The van der Waals surface area contributed by atoms with Crippen LogP contribution in [-0.2, 0) is 10.3 Å². The van der Waals surface area contributed by atoms with Gasteiger partial charge in [-0.25, -0.2) is 4.79 Å². The topological polar surface area (TPSA) is 29.5 Å². The second-order valence-electron chi connectivity index (χ2n) is 8.54. The number of rotatable bonds is 9. The molecule has 0 unspecified atom stereocenters. The van der Waals surface area contributed by atoms with Gasteiger partial charge in [-0.1, -0.05) is 80.4 Å². The van der Waals surface area contributed by atoms with Gasteiger partial charge in [-0.2, -0.15) is 0 Å². The van der Waals surface area contributed by atoms with Crippen LogP contribution in [0.3, 0.4) is 0 Å². The molecule has 1 amide bonds. The van der Waals surface area contributed by atoms with Gasteiger partial charge >= 0.3 is 6.09 Å². The zero-order chi connectivity index (χ0) is 21.4. The fourth-order valence-electron chi connectivity index (χ4n) is 4.21. The third-order valence-electron chi connectivity index (χ3n) is 5.68. The van der Waals surface area contributed by atoms with Crippen LogP contribution in [0.1, 0.15) is 77.8 Å². The lowest BCUT2D eigenvalue weighted by Gasteiger charge is -2.41. The molecule has 0 spiro atoms. The smallest absolute Gasteiger partial charge is 0.411 e. The molecule has 3 heteroatoms. The molecule has 0 N–H and O–H groups in total. The Hall–Kier alpha value is -2.29. The van der Waals surface area contributed by atoms with E-state index in [4.69, 9.17) is 4.74 Å². The van der Waals surface area contributed by atoms with E-state index in [2.05, 4.69) is 50.2 Å². The quantitative estimate of drug-likeness (QED) is 0.452. The summed E-state index contributed by atoms with van der Waals surface area (Å²) in [6.45, 7) is 12.4.